The molecular weight excluding hydrogens is 312 g/mol. The Kier molecular flexibility index (Phi) is 6.08. The molecule has 0 aliphatic rings. The molecule has 1 rings (SSSR count). The maximum absolute atomic E-state index is 5.34. The van der Waals surface area contributed by atoms with Gasteiger partial charge in [0.05, 0.1) is 16.7 Å². The molecule has 6 heteroatoms. The first-order valence-electron chi connectivity index (χ1n) is 6.14. The second-order valence-corrected chi connectivity index (χ2v) is 5.96. The van der Waals surface area contributed by atoms with Gasteiger partial charge in [0.25, 0.3) is 0 Å². The van der Waals surface area contributed by atoms with E-state index in [1.165, 1.54) is 0 Å². The second-order valence-electron chi connectivity index (χ2n) is 4.72. The number of hydrogen-bond donors (Lipinski definition) is 1. The largest absolute Gasteiger partial charge is 0.362 e. The van der Waals surface area contributed by atoms with Crippen LogP contribution in [0.4, 0.5) is 0 Å². The highest BCUT2D eigenvalue weighted by atomic mass is 79.9. The zero-order valence-corrected chi connectivity index (χ0v) is 13.8. The Morgan fingerprint density at radius 3 is 2.78 bits per heavy atom. The van der Waals surface area contributed by atoms with Crippen LogP contribution in [0.25, 0.3) is 0 Å². The minimum absolute atomic E-state index is 0.586. The molecule has 0 bridgehead atoms. The average Bonchev–Trinajstić information content (AvgIpc) is 2.67. The van der Waals surface area contributed by atoms with Crippen LogP contribution in [0.3, 0.4) is 0 Å². The fourth-order valence-corrected chi connectivity index (χ4v) is 2.02. The third kappa shape index (κ3) is 4.57. The summed E-state index contributed by atoms with van der Waals surface area (Å²) in [4.78, 5) is 2.00. The molecule has 0 amide bonds. The lowest BCUT2D eigenvalue weighted by molar-refractivity contribution is 0.467. The Bertz CT molecular complexity index is 403. The number of nitrogens with zero attached hydrogens (tertiary/aromatic N) is 3. The minimum atomic E-state index is 0.586. The van der Waals surface area contributed by atoms with Crippen LogP contribution < -0.4 is 5.32 Å². The van der Waals surface area contributed by atoms with Crippen LogP contribution in [0.15, 0.2) is 10.7 Å². The van der Waals surface area contributed by atoms with Gasteiger partial charge in [0.2, 0.25) is 0 Å². The molecule has 0 fully saturated rings. The van der Waals surface area contributed by atoms with Crippen molar-refractivity contribution in [1.82, 2.24) is 20.0 Å². The lowest BCUT2D eigenvalue weighted by Crippen LogP contribution is -2.38. The number of aromatic nitrogens is 2. The topological polar surface area (TPSA) is 33.1 Å². The van der Waals surface area contributed by atoms with Gasteiger partial charge >= 0.3 is 0 Å². The van der Waals surface area contributed by atoms with Crippen molar-refractivity contribution in [2.24, 2.45) is 5.92 Å². The van der Waals surface area contributed by atoms with Crippen molar-refractivity contribution in [1.29, 1.82) is 0 Å². The van der Waals surface area contributed by atoms with E-state index in [1.807, 2.05) is 22.8 Å². The third-order valence-corrected chi connectivity index (χ3v) is 3.62. The SMILES string of the molecule is CCn1cc(Br)c(CN(C)C(=S)NCC(C)C)n1. The monoisotopic (exact) mass is 332 g/mol. The zero-order chi connectivity index (χ0) is 13.7. The highest BCUT2D eigenvalue weighted by Crippen LogP contribution is 2.16. The van der Waals surface area contributed by atoms with Gasteiger partial charge in [-0.05, 0) is 41.0 Å². The number of rotatable bonds is 5. The molecule has 0 saturated heterocycles. The quantitative estimate of drug-likeness (QED) is 0.840. The summed E-state index contributed by atoms with van der Waals surface area (Å²) in [6.07, 6.45) is 1.99. The Labute approximate surface area is 123 Å². The molecule has 1 aromatic rings. The molecule has 0 atom stereocenters. The molecule has 18 heavy (non-hydrogen) atoms. The van der Waals surface area contributed by atoms with Crippen LogP contribution in [0, 0.1) is 5.92 Å². The summed E-state index contributed by atoms with van der Waals surface area (Å²) in [6.45, 7) is 8.87. The highest BCUT2D eigenvalue weighted by Gasteiger charge is 2.11. The first kappa shape index (κ1) is 15.4. The standard InChI is InChI=1S/C12H21BrN4S/c1-5-17-7-10(13)11(15-17)8-16(4)12(18)14-6-9(2)3/h7,9H,5-6,8H2,1-4H3,(H,14,18). The van der Waals surface area contributed by atoms with E-state index in [0.717, 1.165) is 28.4 Å². The molecule has 0 radical (unpaired) electrons. The minimum Gasteiger partial charge on any atom is -0.362 e. The molecule has 1 N–H and O–H groups in total. The smallest absolute Gasteiger partial charge is 0.169 e. The van der Waals surface area contributed by atoms with Crippen molar-refractivity contribution in [2.75, 3.05) is 13.6 Å². The summed E-state index contributed by atoms with van der Waals surface area (Å²) < 4.78 is 2.94. The zero-order valence-electron chi connectivity index (χ0n) is 11.4. The predicted molar refractivity (Wildman–Crippen MR) is 82.5 cm³/mol. The summed E-state index contributed by atoms with van der Waals surface area (Å²) >= 11 is 8.86. The first-order chi connectivity index (χ1) is 8.43. The lowest BCUT2D eigenvalue weighted by Gasteiger charge is -2.21. The van der Waals surface area contributed by atoms with Crippen molar-refractivity contribution in [3.05, 3.63) is 16.4 Å². The third-order valence-electron chi connectivity index (χ3n) is 2.51. The van der Waals surface area contributed by atoms with Crippen molar-refractivity contribution in [3.8, 4) is 0 Å². The molecule has 1 aromatic heterocycles. The van der Waals surface area contributed by atoms with E-state index in [1.54, 1.807) is 0 Å². The summed E-state index contributed by atoms with van der Waals surface area (Å²) in [5, 5.41) is 8.50. The fourth-order valence-electron chi connectivity index (χ4n) is 1.43. The first-order valence-corrected chi connectivity index (χ1v) is 7.35. The van der Waals surface area contributed by atoms with E-state index < -0.39 is 0 Å². The fraction of sp³-hybridized carbons (Fsp3) is 0.667. The summed E-state index contributed by atoms with van der Waals surface area (Å²) in [6, 6.07) is 0. The molecule has 0 spiro atoms. The van der Waals surface area contributed by atoms with Crippen LogP contribution in [0.5, 0.6) is 0 Å². The molecular formula is C12H21BrN4S. The summed E-state index contributed by atoms with van der Waals surface area (Å²) in [5.74, 6) is 0.586. The van der Waals surface area contributed by atoms with E-state index in [4.69, 9.17) is 12.2 Å². The Hall–Kier alpha value is -0.620. The number of nitrogens with one attached hydrogen (secondary N) is 1. The Morgan fingerprint density at radius 1 is 1.61 bits per heavy atom. The average molecular weight is 333 g/mol. The Morgan fingerprint density at radius 2 is 2.28 bits per heavy atom. The Balaban J connectivity index is 2.55. The van der Waals surface area contributed by atoms with E-state index in [0.29, 0.717) is 12.5 Å². The normalized spacial score (nSPS) is 10.8. The van der Waals surface area contributed by atoms with Crippen molar-refractivity contribution >= 4 is 33.3 Å². The summed E-state index contributed by atoms with van der Waals surface area (Å²) in [5.41, 5.74) is 1.01. The van der Waals surface area contributed by atoms with E-state index >= 15 is 0 Å². The molecule has 0 aromatic carbocycles. The second kappa shape index (κ2) is 7.09. The summed E-state index contributed by atoms with van der Waals surface area (Å²) in [7, 11) is 1.98. The van der Waals surface area contributed by atoms with Gasteiger partial charge in [-0.15, -0.1) is 0 Å². The number of thiocarbonyl (C=S) groups is 1. The van der Waals surface area contributed by atoms with Gasteiger partial charge in [-0.3, -0.25) is 4.68 Å². The van der Waals surface area contributed by atoms with E-state index in [-0.39, 0.29) is 0 Å². The van der Waals surface area contributed by atoms with Crippen LogP contribution in [0.2, 0.25) is 0 Å². The van der Waals surface area contributed by atoms with Gasteiger partial charge < -0.3 is 10.2 Å². The number of hydrogen-bond acceptors (Lipinski definition) is 2. The highest BCUT2D eigenvalue weighted by molar-refractivity contribution is 9.10. The molecule has 102 valence electrons. The van der Waals surface area contributed by atoms with E-state index in [9.17, 15) is 0 Å². The molecule has 0 aliphatic carbocycles. The molecule has 0 aliphatic heterocycles. The van der Waals surface area contributed by atoms with Gasteiger partial charge in [0, 0.05) is 26.3 Å². The lowest BCUT2D eigenvalue weighted by atomic mass is 10.2. The van der Waals surface area contributed by atoms with Gasteiger partial charge in [-0.1, -0.05) is 13.8 Å². The molecule has 1 heterocycles. The van der Waals surface area contributed by atoms with Crippen LogP contribution >= 0.6 is 28.1 Å². The predicted octanol–water partition coefficient (Wildman–Crippen LogP) is 2.63. The number of aryl methyl sites for hydroxylation is 1. The number of halogens is 1. The molecule has 0 unspecified atom stereocenters. The van der Waals surface area contributed by atoms with Gasteiger partial charge in [-0.2, -0.15) is 5.10 Å². The molecule has 4 nitrogen and oxygen atoms in total. The maximum Gasteiger partial charge on any atom is 0.169 e. The van der Waals surface area contributed by atoms with Crippen molar-refractivity contribution in [2.45, 2.75) is 33.9 Å². The van der Waals surface area contributed by atoms with Crippen LogP contribution in [0.1, 0.15) is 26.5 Å². The van der Waals surface area contributed by atoms with E-state index in [2.05, 4.69) is 47.1 Å². The van der Waals surface area contributed by atoms with Gasteiger partial charge in [-0.25, -0.2) is 0 Å². The van der Waals surface area contributed by atoms with Crippen molar-refractivity contribution in [3.63, 3.8) is 0 Å². The maximum atomic E-state index is 5.34. The van der Waals surface area contributed by atoms with Crippen molar-refractivity contribution < 1.29 is 0 Å². The van der Waals surface area contributed by atoms with Crippen LogP contribution in [-0.4, -0.2) is 33.4 Å². The van der Waals surface area contributed by atoms with Gasteiger partial charge in [0.1, 0.15) is 0 Å². The van der Waals surface area contributed by atoms with Crippen LogP contribution in [-0.2, 0) is 13.1 Å². The molecule has 0 saturated carbocycles. The van der Waals surface area contributed by atoms with Gasteiger partial charge in [0.15, 0.2) is 5.11 Å².